The lowest BCUT2D eigenvalue weighted by atomic mass is 9.94. The first-order valence-electron chi connectivity index (χ1n) is 8.75. The Morgan fingerprint density at radius 3 is 2.44 bits per heavy atom. The molecule has 2 aliphatic heterocycles. The normalized spacial score (nSPS) is 34.1. The van der Waals surface area contributed by atoms with Crippen molar-refractivity contribution < 1.29 is 30.0 Å². The van der Waals surface area contributed by atoms with E-state index in [1.54, 1.807) is 4.90 Å². The Morgan fingerprint density at radius 1 is 1.12 bits per heavy atom. The Bertz CT molecular complexity index is 480. The average molecular weight is 376 g/mol. The van der Waals surface area contributed by atoms with Gasteiger partial charge in [0.2, 0.25) is 11.8 Å². The number of aliphatic hydroxyl groups is 4. The number of hydrogen-bond acceptors (Lipinski definition) is 8. The van der Waals surface area contributed by atoms with E-state index in [2.05, 4.69) is 0 Å². The van der Waals surface area contributed by atoms with Crippen LogP contribution in [0.25, 0.3) is 0 Å². The molecule has 144 valence electrons. The van der Waals surface area contributed by atoms with E-state index in [4.69, 9.17) is 0 Å². The fourth-order valence-corrected chi connectivity index (χ4v) is 4.37. The maximum absolute atomic E-state index is 12.2. The number of likely N-dealkylation sites (tertiary alicyclic amines) is 2. The van der Waals surface area contributed by atoms with Crippen molar-refractivity contribution in [2.75, 3.05) is 32.0 Å². The first kappa shape index (κ1) is 20.6. The number of imide groups is 1. The van der Waals surface area contributed by atoms with Crippen LogP contribution in [0.1, 0.15) is 26.2 Å². The predicted octanol–water partition coefficient (Wildman–Crippen LogP) is -1.59. The molecule has 0 radical (unpaired) electrons. The molecule has 2 saturated heterocycles. The van der Waals surface area contributed by atoms with Gasteiger partial charge in [-0.2, -0.15) is 0 Å². The van der Waals surface area contributed by atoms with Crippen molar-refractivity contribution >= 4 is 23.6 Å². The SMILES string of the molecule is CCSC1CC(=O)N(CCCCN2CC(O)C(O)C(O)C2CO)C1=O. The standard InChI is InChI=1S/C16H28N2O6S/c1-2-25-12-7-13(21)18(16(12)24)6-4-3-5-17-8-11(20)15(23)14(22)10(17)9-19/h10-12,14-15,19-20,22-23H,2-9H2,1H3. The van der Waals surface area contributed by atoms with Crippen LogP contribution >= 0.6 is 11.8 Å². The van der Waals surface area contributed by atoms with Crippen LogP contribution in [-0.2, 0) is 9.59 Å². The summed E-state index contributed by atoms with van der Waals surface area (Å²) in [5.41, 5.74) is 0. The molecule has 0 aromatic rings. The van der Waals surface area contributed by atoms with Gasteiger partial charge in [0.1, 0.15) is 12.2 Å². The minimum atomic E-state index is -1.26. The fourth-order valence-electron chi connectivity index (χ4n) is 3.44. The second-order valence-corrected chi connectivity index (χ2v) is 8.01. The van der Waals surface area contributed by atoms with Gasteiger partial charge in [-0.05, 0) is 25.1 Å². The zero-order valence-corrected chi connectivity index (χ0v) is 15.3. The lowest BCUT2D eigenvalue weighted by Gasteiger charge is -2.43. The molecule has 4 N–H and O–H groups in total. The van der Waals surface area contributed by atoms with Gasteiger partial charge < -0.3 is 20.4 Å². The van der Waals surface area contributed by atoms with Gasteiger partial charge in [-0.15, -0.1) is 11.8 Å². The van der Waals surface area contributed by atoms with Gasteiger partial charge in [0, 0.05) is 19.5 Å². The second-order valence-electron chi connectivity index (χ2n) is 6.53. The van der Waals surface area contributed by atoms with E-state index < -0.39 is 24.4 Å². The molecule has 8 nitrogen and oxygen atoms in total. The predicted molar refractivity (Wildman–Crippen MR) is 93.0 cm³/mol. The first-order chi connectivity index (χ1) is 11.9. The maximum Gasteiger partial charge on any atom is 0.242 e. The molecule has 0 saturated carbocycles. The molecule has 0 aromatic carbocycles. The summed E-state index contributed by atoms with van der Waals surface area (Å²) in [5, 5.41) is 38.6. The van der Waals surface area contributed by atoms with Gasteiger partial charge in [-0.1, -0.05) is 6.92 Å². The Balaban J connectivity index is 1.78. The summed E-state index contributed by atoms with van der Waals surface area (Å²) >= 11 is 1.49. The number of piperidine rings is 1. The van der Waals surface area contributed by atoms with Crippen LogP contribution < -0.4 is 0 Å². The Hall–Kier alpha value is -0.710. The highest BCUT2D eigenvalue weighted by Crippen LogP contribution is 2.25. The number of amides is 2. The van der Waals surface area contributed by atoms with E-state index in [9.17, 15) is 30.0 Å². The van der Waals surface area contributed by atoms with E-state index in [1.807, 2.05) is 6.92 Å². The summed E-state index contributed by atoms with van der Waals surface area (Å²) in [7, 11) is 0. The van der Waals surface area contributed by atoms with Gasteiger partial charge in [0.15, 0.2) is 0 Å². The van der Waals surface area contributed by atoms with Crippen molar-refractivity contribution in [3.63, 3.8) is 0 Å². The summed E-state index contributed by atoms with van der Waals surface area (Å²) in [6, 6.07) is -0.626. The third kappa shape index (κ3) is 4.72. The van der Waals surface area contributed by atoms with Gasteiger partial charge in [0.25, 0.3) is 0 Å². The van der Waals surface area contributed by atoms with Gasteiger partial charge in [-0.3, -0.25) is 19.4 Å². The van der Waals surface area contributed by atoms with Gasteiger partial charge in [0.05, 0.1) is 24.0 Å². The average Bonchev–Trinajstić information content (AvgIpc) is 2.84. The minimum Gasteiger partial charge on any atom is -0.395 e. The molecular formula is C16H28N2O6S. The van der Waals surface area contributed by atoms with E-state index in [0.717, 1.165) is 5.75 Å². The van der Waals surface area contributed by atoms with Crippen molar-refractivity contribution in [2.45, 2.75) is 55.8 Å². The summed E-state index contributed by atoms with van der Waals surface area (Å²) in [4.78, 5) is 27.2. The second kappa shape index (κ2) is 9.29. The van der Waals surface area contributed by atoms with Crippen molar-refractivity contribution in [1.82, 2.24) is 9.80 Å². The molecule has 2 rings (SSSR count). The van der Waals surface area contributed by atoms with Crippen LogP contribution in [0.3, 0.4) is 0 Å². The number of hydrogen-bond donors (Lipinski definition) is 4. The highest BCUT2D eigenvalue weighted by Gasteiger charge is 2.41. The molecule has 0 aromatic heterocycles. The van der Waals surface area contributed by atoms with Crippen LogP contribution in [0.2, 0.25) is 0 Å². The molecule has 5 atom stereocenters. The van der Waals surface area contributed by atoms with E-state index in [0.29, 0.717) is 25.9 Å². The number of rotatable bonds is 8. The number of carbonyl (C=O) groups is 2. The van der Waals surface area contributed by atoms with E-state index in [1.165, 1.54) is 16.7 Å². The molecule has 2 amide bonds. The van der Waals surface area contributed by atoms with Crippen molar-refractivity contribution in [3.8, 4) is 0 Å². The highest BCUT2D eigenvalue weighted by atomic mass is 32.2. The van der Waals surface area contributed by atoms with E-state index >= 15 is 0 Å². The van der Waals surface area contributed by atoms with Gasteiger partial charge >= 0.3 is 0 Å². The van der Waals surface area contributed by atoms with Crippen LogP contribution in [0.15, 0.2) is 0 Å². The number of unbranched alkanes of at least 4 members (excludes halogenated alkanes) is 1. The van der Waals surface area contributed by atoms with Crippen molar-refractivity contribution in [3.05, 3.63) is 0 Å². The largest absolute Gasteiger partial charge is 0.395 e. The lowest BCUT2D eigenvalue weighted by Crippen LogP contribution is -2.62. The number of nitrogens with zero attached hydrogens (tertiary/aromatic N) is 2. The van der Waals surface area contributed by atoms with Crippen molar-refractivity contribution in [1.29, 1.82) is 0 Å². The molecular weight excluding hydrogens is 348 g/mol. The van der Waals surface area contributed by atoms with Crippen LogP contribution in [-0.4, -0.2) is 104 Å². The Morgan fingerprint density at radius 2 is 1.80 bits per heavy atom. The van der Waals surface area contributed by atoms with Crippen LogP contribution in [0.4, 0.5) is 0 Å². The number of thioether (sulfide) groups is 1. The van der Waals surface area contributed by atoms with Crippen molar-refractivity contribution in [2.24, 2.45) is 0 Å². The molecule has 9 heteroatoms. The molecule has 2 aliphatic rings. The molecule has 0 aliphatic carbocycles. The topological polar surface area (TPSA) is 122 Å². The molecule has 2 fully saturated rings. The molecule has 25 heavy (non-hydrogen) atoms. The fraction of sp³-hybridized carbons (Fsp3) is 0.875. The highest BCUT2D eigenvalue weighted by molar-refractivity contribution is 8.00. The number of carbonyl (C=O) groups excluding carboxylic acids is 2. The Kier molecular flexibility index (Phi) is 7.66. The molecule has 2 heterocycles. The number of β-amino-alcohol motifs (C(OH)–C–C–N with tert-alkyl or cyclic N) is 1. The van der Waals surface area contributed by atoms with E-state index in [-0.39, 0.29) is 36.6 Å². The molecule has 5 unspecified atom stereocenters. The first-order valence-corrected chi connectivity index (χ1v) is 9.80. The van der Waals surface area contributed by atoms with Crippen LogP contribution in [0.5, 0.6) is 0 Å². The Labute approximate surface area is 151 Å². The quantitative estimate of drug-likeness (QED) is 0.295. The number of aliphatic hydroxyl groups excluding tert-OH is 4. The zero-order chi connectivity index (χ0) is 18.6. The van der Waals surface area contributed by atoms with Crippen LogP contribution in [0, 0.1) is 0 Å². The summed E-state index contributed by atoms with van der Waals surface area (Å²) in [6.07, 6.45) is -2.00. The molecule has 0 bridgehead atoms. The summed E-state index contributed by atoms with van der Waals surface area (Å²) in [5.74, 6) is 0.555. The van der Waals surface area contributed by atoms with Gasteiger partial charge in [-0.25, -0.2) is 0 Å². The smallest absolute Gasteiger partial charge is 0.242 e. The summed E-state index contributed by atoms with van der Waals surface area (Å²) in [6.45, 7) is 2.67. The minimum absolute atomic E-state index is 0.114. The monoisotopic (exact) mass is 376 g/mol. The maximum atomic E-state index is 12.2. The third-order valence-corrected chi connectivity index (χ3v) is 5.97. The summed E-state index contributed by atoms with van der Waals surface area (Å²) < 4.78 is 0. The molecule has 0 spiro atoms. The lowest BCUT2D eigenvalue weighted by molar-refractivity contribution is -0.145. The zero-order valence-electron chi connectivity index (χ0n) is 14.5. The third-order valence-electron chi connectivity index (χ3n) is 4.86.